The number of nitrogen functional groups attached to an aromatic ring is 3. The maximum Gasteiger partial charge on any atom is 1.00 e. The average Bonchev–Trinajstić information content (AvgIpc) is 3.16. The molecule has 0 bridgehead atoms. The Kier molecular flexibility index (Phi) is 18.3. The zero-order chi connectivity index (χ0) is 44.4. The van der Waals surface area contributed by atoms with Gasteiger partial charge in [-0.1, -0.05) is 0 Å². The summed E-state index contributed by atoms with van der Waals surface area (Å²) < 4.78 is 111. The fraction of sp³-hybridized carbons (Fsp3) is 0.0278. The van der Waals surface area contributed by atoms with Crippen molar-refractivity contribution in [2.75, 3.05) is 27.8 Å². The number of carbonyl (C=O) groups excluding carboxylic acids is 1. The van der Waals surface area contributed by atoms with E-state index in [9.17, 15) is 48.8 Å². The summed E-state index contributed by atoms with van der Waals surface area (Å²) in [5.74, 6) is -1.45. The number of nitrogens with one attached hydrogen (secondary N) is 2. The molecule has 9 N–H and O–H groups in total. The molecule has 0 aliphatic rings. The first-order valence-corrected chi connectivity index (χ1v) is 21.1. The Labute approximate surface area is 431 Å². The molecule has 22 nitrogen and oxygen atoms in total. The predicted molar refractivity (Wildman–Crippen MR) is 219 cm³/mol. The van der Waals surface area contributed by atoms with Crippen molar-refractivity contribution >= 4 is 115 Å². The molecule has 6 aromatic carbocycles. The van der Waals surface area contributed by atoms with Crippen molar-refractivity contribution in [3.05, 3.63) is 97.1 Å². The van der Waals surface area contributed by atoms with Crippen molar-refractivity contribution < 1.29 is 137 Å². The van der Waals surface area contributed by atoms with Crippen LogP contribution in [0.15, 0.2) is 142 Å². The minimum absolute atomic E-state index is 0. The van der Waals surface area contributed by atoms with E-state index in [0.29, 0.717) is 46.3 Å². The zero-order valence-electron chi connectivity index (χ0n) is 33.9. The molecule has 0 atom stereocenters. The van der Waals surface area contributed by atoms with Crippen LogP contribution in [0.3, 0.4) is 0 Å². The molecule has 0 saturated carbocycles. The second kappa shape index (κ2) is 21.7. The van der Waals surface area contributed by atoms with Crippen molar-refractivity contribution in [3.63, 3.8) is 0 Å². The number of hydrogen-bond acceptors (Lipinski definition) is 21. The summed E-state index contributed by atoms with van der Waals surface area (Å²) in [7, 11) is -16.2. The van der Waals surface area contributed by atoms with Crippen LogP contribution in [0.2, 0.25) is 0 Å². The first-order valence-electron chi connectivity index (χ1n) is 16.9. The van der Waals surface area contributed by atoms with Gasteiger partial charge in [-0.25, -0.2) is 25.3 Å². The third-order valence-corrected chi connectivity index (χ3v) is 10.9. The molecule has 0 saturated heterocycles. The molecule has 0 aromatic heterocycles. The number of fused-ring (bicyclic) bond motifs is 1. The second-order valence-electron chi connectivity index (χ2n) is 12.7. The Balaban J connectivity index is 0.00000363. The molecule has 0 unspecified atom stereocenters. The molecule has 64 heavy (non-hydrogen) atoms. The van der Waals surface area contributed by atoms with E-state index >= 15 is 0 Å². The van der Waals surface area contributed by atoms with Gasteiger partial charge in [0.1, 0.15) is 47.4 Å². The fourth-order valence-corrected chi connectivity index (χ4v) is 7.51. The molecular formula is C36H28N11Na3O11S3. The molecule has 0 aliphatic carbocycles. The number of phenolic OH excluding ortho intramolecular Hbond substituents is 1. The molecule has 28 heteroatoms. The Morgan fingerprint density at radius 3 is 1.59 bits per heavy atom. The predicted octanol–water partition coefficient (Wildman–Crippen LogP) is -2.04. The number of anilines is 6. The van der Waals surface area contributed by atoms with E-state index in [2.05, 4.69) is 41.3 Å². The van der Waals surface area contributed by atoms with Crippen molar-refractivity contribution in [1.82, 2.24) is 0 Å². The Morgan fingerprint density at radius 2 is 1.06 bits per heavy atom. The number of hydrogen-bond donors (Lipinski definition) is 6. The van der Waals surface area contributed by atoms with Crippen LogP contribution < -0.4 is 117 Å². The van der Waals surface area contributed by atoms with E-state index in [1.165, 1.54) is 67.6 Å². The minimum Gasteiger partial charge on any atom is -0.744 e. The van der Waals surface area contributed by atoms with Crippen LogP contribution in [0.5, 0.6) is 5.75 Å². The number of benzene rings is 6. The zero-order valence-corrected chi connectivity index (χ0v) is 42.4. The molecule has 0 heterocycles. The van der Waals surface area contributed by atoms with Crippen LogP contribution in [-0.2, 0) is 35.1 Å². The summed E-state index contributed by atoms with van der Waals surface area (Å²) in [4.78, 5) is 8.15. The van der Waals surface area contributed by atoms with Crippen molar-refractivity contribution in [1.29, 1.82) is 0 Å². The van der Waals surface area contributed by atoms with Crippen LogP contribution in [0, 0.1) is 0 Å². The largest absolute Gasteiger partial charge is 1.00 e. The molecule has 0 fully saturated rings. The number of amides is 1. The van der Waals surface area contributed by atoms with E-state index in [1.807, 2.05) is 0 Å². The smallest absolute Gasteiger partial charge is 0.744 e. The summed E-state index contributed by atoms with van der Waals surface area (Å²) in [6.07, 6.45) is 0. The van der Waals surface area contributed by atoms with Gasteiger partial charge >= 0.3 is 88.7 Å². The fourth-order valence-electron chi connectivity index (χ4n) is 5.55. The number of nitrogens with two attached hydrogens (primary N) is 3. The molecular weight excluding hydrogens is 928 g/mol. The van der Waals surface area contributed by atoms with Gasteiger partial charge in [-0.15, -0.1) is 15.3 Å². The first kappa shape index (κ1) is 53.9. The van der Waals surface area contributed by atoms with Crippen LogP contribution in [0.1, 0.15) is 6.92 Å². The number of carbonyl (C=O) groups is 1. The molecule has 6 rings (SSSR count). The SMILES string of the molecule is CC(=O)Nc1ccc(N=Nc2c(S(=O)(=O)[O-])cc3cc(S(=O)(=O)[O-])c(N=Nc4ccc(Nc5ccc(N=Nc6ccc(N)cc6N)cc5)c(S(=O)(=O)[O-])c4)c(N)c3c2O)cc1.[Na+].[Na+].[Na+]. The third-order valence-electron chi connectivity index (χ3n) is 8.28. The van der Waals surface area contributed by atoms with E-state index in [0.717, 1.165) is 12.1 Å². The average molecular weight is 956 g/mol. The summed E-state index contributed by atoms with van der Waals surface area (Å²) in [6, 6.07) is 20.7. The standard InChI is InChI=1S/C36H31N11O11S3.3Na/c1-18(48)40-21-3-7-24(8-4-21)43-47-35-31(61(56,57)58)15-19-14-30(60(53,54)55)34(33(39)32(19)36(35)49)46-44-25-11-13-28(29(17-25)59(50,51)52)41-22-5-9-23(10-6-22)42-45-27-12-2-20(37)16-26(27)38;;;/h2-17,41,49H,37-39H2,1H3,(H,40,48)(H,50,51,52)(H,53,54,55)(H,56,57,58);;;/q;3*+1/p-3. The number of rotatable bonds is 12. The van der Waals surface area contributed by atoms with Gasteiger partial charge in [0, 0.05) is 24.0 Å². The third kappa shape index (κ3) is 13.1. The van der Waals surface area contributed by atoms with Crippen LogP contribution >= 0.6 is 0 Å². The van der Waals surface area contributed by atoms with E-state index in [4.69, 9.17) is 17.2 Å². The quantitative estimate of drug-likeness (QED) is 0.0333. The molecule has 0 aliphatic heterocycles. The van der Waals surface area contributed by atoms with Crippen LogP contribution in [0.25, 0.3) is 10.8 Å². The van der Waals surface area contributed by atoms with E-state index in [-0.39, 0.29) is 112 Å². The van der Waals surface area contributed by atoms with Gasteiger partial charge < -0.3 is 46.6 Å². The molecule has 0 spiro atoms. The number of azo groups is 3. The maximum absolute atomic E-state index is 12.4. The molecule has 1 amide bonds. The Hall–Kier alpha value is -4.42. The molecule has 6 aromatic rings. The van der Waals surface area contributed by atoms with Crippen molar-refractivity contribution in [2.24, 2.45) is 30.7 Å². The van der Waals surface area contributed by atoms with Gasteiger partial charge in [-0.05, 0) is 102 Å². The van der Waals surface area contributed by atoms with Crippen LogP contribution in [0.4, 0.5) is 68.2 Å². The number of nitrogens with zero attached hydrogens (tertiary/aromatic N) is 6. The second-order valence-corrected chi connectivity index (χ2v) is 16.7. The summed E-state index contributed by atoms with van der Waals surface area (Å²) in [5.41, 5.74) is 16.9. The summed E-state index contributed by atoms with van der Waals surface area (Å²) in [5, 5.41) is 38.8. The van der Waals surface area contributed by atoms with Gasteiger partial charge in [0.05, 0.1) is 54.2 Å². The van der Waals surface area contributed by atoms with Crippen LogP contribution in [-0.4, -0.2) is 49.9 Å². The number of aromatic hydroxyl groups is 1. The summed E-state index contributed by atoms with van der Waals surface area (Å²) >= 11 is 0. The van der Waals surface area contributed by atoms with Crippen molar-refractivity contribution in [2.45, 2.75) is 21.6 Å². The minimum atomic E-state index is -5.52. The molecule has 0 radical (unpaired) electrons. The van der Waals surface area contributed by atoms with Crippen molar-refractivity contribution in [3.8, 4) is 5.75 Å². The van der Waals surface area contributed by atoms with Gasteiger partial charge in [-0.2, -0.15) is 15.3 Å². The monoisotopic (exact) mass is 955 g/mol. The van der Waals surface area contributed by atoms with E-state index in [1.54, 1.807) is 12.1 Å². The maximum atomic E-state index is 12.4. The van der Waals surface area contributed by atoms with Gasteiger partial charge in [0.25, 0.3) is 0 Å². The van der Waals surface area contributed by atoms with E-state index < -0.39 is 78.6 Å². The Morgan fingerprint density at radius 1 is 0.578 bits per heavy atom. The Bertz CT molecular complexity index is 3200. The summed E-state index contributed by atoms with van der Waals surface area (Å²) in [6.45, 7) is 1.28. The van der Waals surface area contributed by atoms with Gasteiger partial charge in [0.2, 0.25) is 5.91 Å². The first-order chi connectivity index (χ1) is 28.6. The van der Waals surface area contributed by atoms with Gasteiger partial charge in [-0.3, -0.25) is 4.79 Å². The number of phenols is 1. The molecule has 314 valence electrons. The normalized spacial score (nSPS) is 11.9. The van der Waals surface area contributed by atoms with Gasteiger partial charge in [0.15, 0.2) is 5.75 Å². The topological polar surface area (TPSA) is 385 Å².